The summed E-state index contributed by atoms with van der Waals surface area (Å²) in [6.07, 6.45) is 1.50. The number of ether oxygens (including phenoxy) is 1. The van der Waals surface area contributed by atoms with Crippen molar-refractivity contribution in [3.8, 4) is 5.75 Å². The number of rotatable bonds is 7. The third kappa shape index (κ3) is 6.49. The Balaban J connectivity index is 1.73. The Bertz CT molecular complexity index is 792. The highest BCUT2D eigenvalue weighted by atomic mass is 32.2. The van der Waals surface area contributed by atoms with E-state index in [1.807, 2.05) is 24.3 Å². The van der Waals surface area contributed by atoms with E-state index < -0.39 is 15.5 Å². The van der Waals surface area contributed by atoms with Crippen LogP contribution in [0, 0.1) is 5.92 Å². The van der Waals surface area contributed by atoms with Gasteiger partial charge in [-0.1, -0.05) is 12.1 Å². The number of methoxy groups -OCH3 is 1. The van der Waals surface area contributed by atoms with E-state index >= 15 is 0 Å². The number of nitrogens with zero attached hydrogens (tertiary/aromatic N) is 2. The Labute approximate surface area is 169 Å². The quantitative estimate of drug-likeness (QED) is 0.505. The van der Waals surface area contributed by atoms with Crippen LogP contribution in [0.3, 0.4) is 0 Å². The lowest BCUT2D eigenvalue weighted by atomic mass is 9.98. The third-order valence-electron chi connectivity index (χ3n) is 4.83. The topological polar surface area (TPSA) is 83.0 Å². The number of aliphatic imine (C=N–C) groups is 1. The molecular formula is C18H27F3N4O3S. The van der Waals surface area contributed by atoms with Crippen LogP contribution in [0.15, 0.2) is 29.3 Å². The number of benzene rings is 1. The molecule has 2 rings (SSSR count). The van der Waals surface area contributed by atoms with Crippen molar-refractivity contribution in [2.45, 2.75) is 24.8 Å². The number of halogens is 3. The van der Waals surface area contributed by atoms with Gasteiger partial charge in [0, 0.05) is 33.2 Å². The predicted molar refractivity (Wildman–Crippen MR) is 105 cm³/mol. The maximum absolute atomic E-state index is 12.6. The van der Waals surface area contributed by atoms with E-state index in [1.165, 1.54) is 0 Å². The minimum absolute atomic E-state index is 0.0756. The van der Waals surface area contributed by atoms with E-state index in [-0.39, 0.29) is 19.0 Å². The fourth-order valence-corrected chi connectivity index (χ4v) is 4.10. The predicted octanol–water partition coefficient (Wildman–Crippen LogP) is 1.96. The number of alkyl halides is 3. The molecule has 1 aromatic rings. The zero-order chi connectivity index (χ0) is 21.5. The summed E-state index contributed by atoms with van der Waals surface area (Å²) in [4.78, 5) is 4.14. The first kappa shape index (κ1) is 23.3. The molecule has 0 saturated carbocycles. The number of piperidine rings is 1. The minimum atomic E-state index is -5.24. The summed E-state index contributed by atoms with van der Waals surface area (Å²) in [5, 5.41) is 6.35. The van der Waals surface area contributed by atoms with Gasteiger partial charge in [-0.3, -0.25) is 4.99 Å². The van der Waals surface area contributed by atoms with Gasteiger partial charge in [-0.25, -0.2) is 8.42 Å². The molecule has 1 fully saturated rings. The summed E-state index contributed by atoms with van der Waals surface area (Å²) in [5.74, 6) is 1.47. The minimum Gasteiger partial charge on any atom is -0.497 e. The summed E-state index contributed by atoms with van der Waals surface area (Å²) < 4.78 is 66.5. The van der Waals surface area contributed by atoms with Crippen LogP contribution in [0.4, 0.5) is 13.2 Å². The Morgan fingerprint density at radius 1 is 1.28 bits per heavy atom. The molecule has 164 valence electrons. The molecular weight excluding hydrogens is 409 g/mol. The highest BCUT2D eigenvalue weighted by molar-refractivity contribution is 7.90. The number of nitrogens with one attached hydrogen (secondary N) is 2. The highest BCUT2D eigenvalue weighted by Crippen LogP contribution is 2.30. The molecule has 0 radical (unpaired) electrons. The fourth-order valence-electron chi connectivity index (χ4n) is 3.11. The van der Waals surface area contributed by atoms with Crippen molar-refractivity contribution < 1.29 is 26.3 Å². The Kier molecular flexibility index (Phi) is 8.14. The lowest BCUT2D eigenvalue weighted by Crippen LogP contribution is -2.47. The van der Waals surface area contributed by atoms with Crippen LogP contribution < -0.4 is 15.4 Å². The molecule has 0 unspecified atom stereocenters. The summed E-state index contributed by atoms with van der Waals surface area (Å²) in [6.45, 7) is 0.903. The van der Waals surface area contributed by atoms with Crippen LogP contribution in [0.5, 0.6) is 5.75 Å². The van der Waals surface area contributed by atoms with Gasteiger partial charge in [-0.2, -0.15) is 17.5 Å². The smallest absolute Gasteiger partial charge is 0.497 e. The molecule has 0 spiro atoms. The molecule has 1 heterocycles. The average molecular weight is 437 g/mol. The van der Waals surface area contributed by atoms with Crippen LogP contribution >= 0.6 is 0 Å². The van der Waals surface area contributed by atoms with Gasteiger partial charge < -0.3 is 15.4 Å². The molecule has 11 heteroatoms. The van der Waals surface area contributed by atoms with Crippen LogP contribution in [0.2, 0.25) is 0 Å². The van der Waals surface area contributed by atoms with Crippen molar-refractivity contribution >= 4 is 16.0 Å². The second-order valence-electron chi connectivity index (χ2n) is 6.77. The molecule has 1 aliphatic rings. The van der Waals surface area contributed by atoms with Gasteiger partial charge in [0.1, 0.15) is 5.75 Å². The maximum Gasteiger partial charge on any atom is 0.511 e. The molecule has 0 amide bonds. The maximum atomic E-state index is 12.6. The fraction of sp³-hybridized carbons (Fsp3) is 0.611. The second-order valence-corrected chi connectivity index (χ2v) is 8.70. The van der Waals surface area contributed by atoms with E-state index in [0.717, 1.165) is 17.7 Å². The first-order valence-electron chi connectivity index (χ1n) is 9.31. The van der Waals surface area contributed by atoms with Crippen molar-refractivity contribution in [1.29, 1.82) is 0 Å². The van der Waals surface area contributed by atoms with Crippen LogP contribution in [-0.2, 0) is 16.4 Å². The largest absolute Gasteiger partial charge is 0.511 e. The van der Waals surface area contributed by atoms with Gasteiger partial charge in [0.05, 0.1) is 7.11 Å². The number of guanidine groups is 1. The highest BCUT2D eigenvalue weighted by Gasteiger charge is 2.50. The first-order chi connectivity index (χ1) is 13.7. The Morgan fingerprint density at radius 2 is 1.97 bits per heavy atom. The van der Waals surface area contributed by atoms with Gasteiger partial charge >= 0.3 is 15.5 Å². The molecule has 0 atom stereocenters. The summed E-state index contributed by atoms with van der Waals surface area (Å²) >= 11 is 0. The van der Waals surface area contributed by atoms with Crippen molar-refractivity contribution in [3.05, 3.63) is 29.8 Å². The van der Waals surface area contributed by atoms with Gasteiger partial charge in [0.15, 0.2) is 5.96 Å². The van der Waals surface area contributed by atoms with E-state index in [9.17, 15) is 21.6 Å². The van der Waals surface area contributed by atoms with Gasteiger partial charge in [-0.15, -0.1) is 0 Å². The third-order valence-corrected chi connectivity index (χ3v) is 6.46. The van der Waals surface area contributed by atoms with Gasteiger partial charge in [-0.05, 0) is 42.9 Å². The molecule has 2 N–H and O–H groups in total. The van der Waals surface area contributed by atoms with E-state index in [2.05, 4.69) is 15.6 Å². The van der Waals surface area contributed by atoms with E-state index in [1.54, 1.807) is 14.2 Å². The molecule has 29 heavy (non-hydrogen) atoms. The van der Waals surface area contributed by atoms with Crippen LogP contribution in [0.25, 0.3) is 0 Å². The summed E-state index contributed by atoms with van der Waals surface area (Å²) in [5.41, 5.74) is -4.13. The van der Waals surface area contributed by atoms with Crippen molar-refractivity contribution in [2.75, 3.05) is 40.3 Å². The molecule has 1 aliphatic heterocycles. The van der Waals surface area contributed by atoms with Crippen LogP contribution in [0.1, 0.15) is 18.4 Å². The number of sulfonamides is 1. The summed E-state index contributed by atoms with van der Waals surface area (Å²) in [6, 6.07) is 7.76. The monoisotopic (exact) mass is 436 g/mol. The molecule has 0 bridgehead atoms. The lowest BCUT2D eigenvalue weighted by Gasteiger charge is -2.31. The first-order valence-corrected chi connectivity index (χ1v) is 10.7. The number of hydrogen-bond acceptors (Lipinski definition) is 4. The van der Waals surface area contributed by atoms with E-state index in [0.29, 0.717) is 36.2 Å². The van der Waals surface area contributed by atoms with Crippen molar-refractivity contribution in [2.24, 2.45) is 10.9 Å². The van der Waals surface area contributed by atoms with Crippen molar-refractivity contribution in [1.82, 2.24) is 14.9 Å². The Hall–Kier alpha value is -2.01. The normalized spacial score (nSPS) is 17.2. The van der Waals surface area contributed by atoms with E-state index in [4.69, 9.17) is 4.74 Å². The van der Waals surface area contributed by atoms with Crippen molar-refractivity contribution in [3.63, 3.8) is 0 Å². The molecule has 0 aromatic heterocycles. The summed E-state index contributed by atoms with van der Waals surface area (Å²) in [7, 11) is -1.98. The van der Waals surface area contributed by atoms with Gasteiger partial charge in [0.25, 0.3) is 0 Å². The molecule has 1 saturated heterocycles. The second kappa shape index (κ2) is 10.1. The Morgan fingerprint density at radius 3 is 2.55 bits per heavy atom. The molecule has 7 nitrogen and oxygen atoms in total. The SMILES string of the molecule is CN=C(NCCc1cccc(OC)c1)NCC1CCN(S(=O)(=O)C(F)(F)F)CC1. The zero-order valence-electron chi connectivity index (χ0n) is 16.5. The zero-order valence-corrected chi connectivity index (χ0v) is 17.3. The average Bonchev–Trinajstić information content (AvgIpc) is 2.70. The molecule has 1 aromatic carbocycles. The number of hydrogen-bond donors (Lipinski definition) is 2. The standard InChI is InChI=1S/C18H27F3N4O3S/c1-22-17(23-9-6-14-4-3-5-16(12-14)28-2)24-13-15-7-10-25(11-8-15)29(26,27)18(19,20)21/h3-5,12,15H,6-11,13H2,1-2H3,(H2,22,23,24). The van der Waals surface area contributed by atoms with Crippen LogP contribution in [-0.4, -0.2) is 64.5 Å². The lowest BCUT2D eigenvalue weighted by molar-refractivity contribution is -0.0496. The molecule has 0 aliphatic carbocycles. The van der Waals surface area contributed by atoms with Gasteiger partial charge in [0.2, 0.25) is 0 Å².